The van der Waals surface area contributed by atoms with E-state index in [1.165, 1.54) is 0 Å². The van der Waals surface area contributed by atoms with E-state index in [9.17, 15) is 4.79 Å². The molecule has 2 aromatic carbocycles. The molecule has 0 radical (unpaired) electrons. The van der Waals surface area contributed by atoms with Crippen LogP contribution in [0.1, 0.15) is 22.3 Å². The standard InChI is InChI=1S/C25H22N2O4/c28-23(24-16-22(27-31-24)19-5-4-12-26-17-19)15-18-8-10-21(11-9-18)25(29-13-14-30-25)20-6-2-1-3-7-20/h1-12,16-17,24,27H,13-15H2. The van der Waals surface area contributed by atoms with Crippen molar-refractivity contribution in [3.63, 3.8) is 0 Å². The van der Waals surface area contributed by atoms with Gasteiger partial charge in [-0.25, -0.2) is 0 Å². The minimum atomic E-state index is -0.899. The fraction of sp³-hybridized carbons (Fsp3) is 0.200. The molecule has 3 aromatic rings. The van der Waals surface area contributed by atoms with Crippen molar-refractivity contribution in [2.75, 3.05) is 13.2 Å². The normalized spacial score (nSPS) is 19.6. The first-order chi connectivity index (χ1) is 15.2. The van der Waals surface area contributed by atoms with Gasteiger partial charge in [0.2, 0.25) is 5.79 Å². The Labute approximate surface area is 180 Å². The molecule has 0 bridgehead atoms. The zero-order chi connectivity index (χ0) is 21.1. The summed E-state index contributed by atoms with van der Waals surface area (Å²) >= 11 is 0. The fourth-order valence-corrected chi connectivity index (χ4v) is 3.90. The molecule has 1 fully saturated rings. The molecule has 1 unspecified atom stereocenters. The molecule has 0 spiro atoms. The Hall–Kier alpha value is -3.32. The van der Waals surface area contributed by atoms with E-state index in [4.69, 9.17) is 14.3 Å². The number of carbonyl (C=O) groups excluding carboxylic acids is 1. The number of rotatable bonds is 6. The lowest BCUT2D eigenvalue weighted by atomic mass is 9.95. The number of Topliss-reactive ketones (excluding diaryl/α,β-unsaturated/α-hetero) is 1. The summed E-state index contributed by atoms with van der Waals surface area (Å²) in [5.41, 5.74) is 7.22. The zero-order valence-corrected chi connectivity index (χ0v) is 16.9. The van der Waals surface area contributed by atoms with Crippen LogP contribution in [0.3, 0.4) is 0 Å². The molecule has 1 aromatic heterocycles. The van der Waals surface area contributed by atoms with E-state index in [0.29, 0.717) is 13.2 Å². The minimum Gasteiger partial charge on any atom is -0.340 e. The second-order valence-corrected chi connectivity index (χ2v) is 7.48. The van der Waals surface area contributed by atoms with Gasteiger partial charge in [-0.1, -0.05) is 54.6 Å². The van der Waals surface area contributed by atoms with Gasteiger partial charge in [-0.05, 0) is 23.8 Å². The number of benzene rings is 2. The van der Waals surface area contributed by atoms with Crippen LogP contribution in [-0.4, -0.2) is 30.1 Å². The highest BCUT2D eigenvalue weighted by Crippen LogP contribution is 2.38. The number of hydrogen-bond donors (Lipinski definition) is 1. The Morgan fingerprint density at radius 1 is 0.968 bits per heavy atom. The zero-order valence-electron chi connectivity index (χ0n) is 16.9. The first-order valence-corrected chi connectivity index (χ1v) is 10.2. The number of aromatic nitrogens is 1. The maximum Gasteiger partial charge on any atom is 0.222 e. The molecule has 2 aliphatic rings. The Bertz CT molecular complexity index is 1080. The molecule has 1 atom stereocenters. The minimum absolute atomic E-state index is 0.0229. The van der Waals surface area contributed by atoms with Crippen LogP contribution in [0.4, 0.5) is 0 Å². The summed E-state index contributed by atoms with van der Waals surface area (Å²) in [5, 5.41) is 0. The van der Waals surface area contributed by atoms with Crippen LogP contribution < -0.4 is 5.48 Å². The highest BCUT2D eigenvalue weighted by Gasteiger charge is 2.40. The molecule has 6 heteroatoms. The summed E-state index contributed by atoms with van der Waals surface area (Å²) in [5.74, 6) is -0.922. The molecule has 1 saturated heterocycles. The van der Waals surface area contributed by atoms with Crippen LogP contribution in [0.2, 0.25) is 0 Å². The molecular formula is C25H22N2O4. The monoisotopic (exact) mass is 414 g/mol. The summed E-state index contributed by atoms with van der Waals surface area (Å²) in [6.45, 7) is 1.07. The Kier molecular flexibility index (Phi) is 5.34. The number of nitrogens with zero attached hydrogens (tertiary/aromatic N) is 1. The Balaban J connectivity index is 1.31. The van der Waals surface area contributed by atoms with Crippen LogP contribution >= 0.6 is 0 Å². The second-order valence-electron chi connectivity index (χ2n) is 7.48. The average molecular weight is 414 g/mol. The van der Waals surface area contributed by atoms with Gasteiger partial charge in [0.15, 0.2) is 11.9 Å². The summed E-state index contributed by atoms with van der Waals surface area (Å²) in [4.78, 5) is 22.3. The molecule has 31 heavy (non-hydrogen) atoms. The number of ketones is 1. The Morgan fingerprint density at radius 3 is 2.42 bits per heavy atom. The summed E-state index contributed by atoms with van der Waals surface area (Å²) < 4.78 is 12.1. The van der Waals surface area contributed by atoms with E-state index in [0.717, 1.165) is 28.0 Å². The van der Waals surface area contributed by atoms with Crippen molar-refractivity contribution >= 4 is 11.5 Å². The van der Waals surface area contributed by atoms with E-state index >= 15 is 0 Å². The van der Waals surface area contributed by atoms with Crippen molar-refractivity contribution in [3.05, 3.63) is 107 Å². The third-order valence-electron chi connectivity index (χ3n) is 5.46. The van der Waals surface area contributed by atoms with Gasteiger partial charge in [0.25, 0.3) is 0 Å². The SMILES string of the molecule is O=C(Cc1ccc(C2(c3ccccc3)OCCO2)cc1)C1C=C(c2cccnc2)NO1. The topological polar surface area (TPSA) is 69.7 Å². The van der Waals surface area contributed by atoms with Crippen molar-refractivity contribution in [3.8, 4) is 0 Å². The molecule has 3 heterocycles. The molecule has 0 amide bonds. The molecule has 2 aliphatic heterocycles. The van der Waals surface area contributed by atoms with E-state index in [1.54, 1.807) is 18.5 Å². The highest BCUT2D eigenvalue weighted by atomic mass is 16.7. The van der Waals surface area contributed by atoms with Crippen molar-refractivity contribution in [2.24, 2.45) is 0 Å². The van der Waals surface area contributed by atoms with Crippen LogP contribution in [0.5, 0.6) is 0 Å². The van der Waals surface area contributed by atoms with Crippen LogP contribution in [0.25, 0.3) is 5.70 Å². The van der Waals surface area contributed by atoms with Crippen molar-refractivity contribution in [1.29, 1.82) is 0 Å². The summed E-state index contributed by atoms with van der Waals surface area (Å²) in [6.07, 6.45) is 4.85. The quantitative estimate of drug-likeness (QED) is 0.667. The molecule has 6 nitrogen and oxygen atoms in total. The number of hydroxylamine groups is 1. The van der Waals surface area contributed by atoms with Gasteiger partial charge >= 0.3 is 0 Å². The number of hydrogen-bond acceptors (Lipinski definition) is 6. The molecule has 0 aliphatic carbocycles. The summed E-state index contributed by atoms with van der Waals surface area (Å²) in [6, 6.07) is 21.5. The second kappa shape index (κ2) is 8.43. The van der Waals surface area contributed by atoms with E-state index < -0.39 is 11.9 Å². The third kappa shape index (κ3) is 3.88. The van der Waals surface area contributed by atoms with Gasteiger partial charge < -0.3 is 9.47 Å². The lowest BCUT2D eigenvalue weighted by Crippen LogP contribution is -2.28. The average Bonchev–Trinajstić information content (AvgIpc) is 3.52. The van der Waals surface area contributed by atoms with Gasteiger partial charge in [0.05, 0.1) is 18.9 Å². The molecule has 5 rings (SSSR count). The lowest BCUT2D eigenvalue weighted by Gasteiger charge is -2.28. The van der Waals surface area contributed by atoms with Crippen molar-refractivity contribution in [2.45, 2.75) is 18.3 Å². The third-order valence-corrected chi connectivity index (χ3v) is 5.46. The molecule has 1 N–H and O–H groups in total. The number of carbonyl (C=O) groups is 1. The fourth-order valence-electron chi connectivity index (χ4n) is 3.90. The van der Waals surface area contributed by atoms with Crippen LogP contribution in [0.15, 0.2) is 85.2 Å². The predicted molar refractivity (Wildman–Crippen MR) is 115 cm³/mol. The van der Waals surface area contributed by atoms with Gasteiger partial charge in [-0.2, -0.15) is 0 Å². The van der Waals surface area contributed by atoms with E-state index in [1.807, 2.05) is 66.7 Å². The van der Waals surface area contributed by atoms with Crippen molar-refractivity contribution < 1.29 is 19.1 Å². The molecular weight excluding hydrogens is 392 g/mol. The molecule has 0 saturated carbocycles. The largest absolute Gasteiger partial charge is 0.340 e. The first-order valence-electron chi connectivity index (χ1n) is 10.2. The van der Waals surface area contributed by atoms with Gasteiger partial charge in [-0.3, -0.25) is 20.1 Å². The van der Waals surface area contributed by atoms with Crippen LogP contribution in [-0.2, 0) is 31.3 Å². The molecule has 156 valence electrons. The predicted octanol–water partition coefficient (Wildman–Crippen LogP) is 3.39. The first kappa shape index (κ1) is 19.6. The number of pyridine rings is 1. The number of nitrogens with one attached hydrogen (secondary N) is 1. The maximum absolute atomic E-state index is 12.7. The van der Waals surface area contributed by atoms with Gasteiger partial charge in [0, 0.05) is 35.5 Å². The number of ether oxygens (including phenoxy) is 2. The Morgan fingerprint density at radius 2 is 1.71 bits per heavy atom. The maximum atomic E-state index is 12.7. The van der Waals surface area contributed by atoms with Gasteiger partial charge in [0.1, 0.15) is 0 Å². The van der Waals surface area contributed by atoms with Gasteiger partial charge in [-0.15, -0.1) is 0 Å². The van der Waals surface area contributed by atoms with E-state index in [2.05, 4.69) is 10.5 Å². The lowest BCUT2D eigenvalue weighted by molar-refractivity contribution is -0.129. The van der Waals surface area contributed by atoms with Crippen molar-refractivity contribution in [1.82, 2.24) is 10.5 Å². The smallest absolute Gasteiger partial charge is 0.222 e. The summed E-state index contributed by atoms with van der Waals surface area (Å²) in [7, 11) is 0. The highest BCUT2D eigenvalue weighted by molar-refractivity contribution is 5.89. The van der Waals surface area contributed by atoms with E-state index in [-0.39, 0.29) is 12.2 Å². The van der Waals surface area contributed by atoms with Crippen LogP contribution in [0, 0.1) is 0 Å².